The molecule has 2 N–H and O–H groups in total. The van der Waals surface area contributed by atoms with Gasteiger partial charge in [-0.15, -0.1) is 0 Å². The number of hydrogen-bond acceptors (Lipinski definition) is 2. The molecule has 0 unspecified atom stereocenters. The number of halogens is 4. The lowest BCUT2D eigenvalue weighted by atomic mass is 10.4. The van der Waals surface area contributed by atoms with E-state index >= 15 is 0 Å². The number of nitrogens with zero attached hydrogens (tertiary/aromatic N) is 1. The van der Waals surface area contributed by atoms with Crippen molar-refractivity contribution in [2.75, 3.05) is 6.54 Å². The fourth-order valence-electron chi connectivity index (χ4n) is 1.13. The Morgan fingerprint density at radius 1 is 1.44 bits per heavy atom. The average molecular weight is 329 g/mol. The van der Waals surface area contributed by atoms with Crippen molar-refractivity contribution >= 4 is 27.8 Å². The molecule has 1 rings (SSSR count). The van der Waals surface area contributed by atoms with Crippen LogP contribution in [0.3, 0.4) is 0 Å². The maximum atomic E-state index is 11.8. The molecule has 0 fully saturated rings. The van der Waals surface area contributed by atoms with Gasteiger partial charge in [-0.05, 0) is 22.0 Å². The van der Waals surface area contributed by atoms with Gasteiger partial charge in [-0.25, -0.2) is 4.79 Å². The van der Waals surface area contributed by atoms with Crippen LogP contribution in [0.5, 0.6) is 0 Å². The molecule has 9 heteroatoms. The lowest BCUT2D eigenvalue weighted by Crippen LogP contribution is -2.35. The highest BCUT2D eigenvalue weighted by Crippen LogP contribution is 2.16. The van der Waals surface area contributed by atoms with Crippen LogP contribution in [0.4, 0.5) is 13.2 Å². The summed E-state index contributed by atoms with van der Waals surface area (Å²) >= 11 is 3.00. The topological polar surface area (TPSA) is 71.3 Å². The quantitative estimate of drug-likeness (QED) is 0.882. The number of carboxylic acid groups (broad SMARTS) is 1. The van der Waals surface area contributed by atoms with Gasteiger partial charge in [0.25, 0.3) is 0 Å². The first-order valence-electron chi connectivity index (χ1n) is 4.61. The van der Waals surface area contributed by atoms with Gasteiger partial charge in [0.05, 0.1) is 10.2 Å². The van der Waals surface area contributed by atoms with E-state index in [-0.39, 0.29) is 5.56 Å². The first-order valence-corrected chi connectivity index (χ1v) is 5.41. The van der Waals surface area contributed by atoms with E-state index in [1.165, 1.54) is 10.6 Å². The monoisotopic (exact) mass is 328 g/mol. The van der Waals surface area contributed by atoms with Gasteiger partial charge in [-0.1, -0.05) is 0 Å². The average Bonchev–Trinajstić information content (AvgIpc) is 2.57. The van der Waals surface area contributed by atoms with Crippen molar-refractivity contribution in [2.45, 2.75) is 12.7 Å². The van der Waals surface area contributed by atoms with E-state index < -0.39 is 31.1 Å². The van der Waals surface area contributed by atoms with Gasteiger partial charge in [0.15, 0.2) is 0 Å². The highest BCUT2D eigenvalue weighted by molar-refractivity contribution is 9.10. The number of nitrogens with one attached hydrogen (secondary N) is 1. The van der Waals surface area contributed by atoms with E-state index in [9.17, 15) is 22.8 Å². The Labute approximate surface area is 108 Å². The van der Waals surface area contributed by atoms with E-state index in [4.69, 9.17) is 5.11 Å². The predicted molar refractivity (Wildman–Crippen MR) is 58.2 cm³/mol. The summed E-state index contributed by atoms with van der Waals surface area (Å²) in [6.07, 6.45) is -3.32. The maximum Gasteiger partial charge on any atom is 0.405 e. The number of amides is 1. The zero-order chi connectivity index (χ0) is 13.9. The number of rotatable bonds is 4. The lowest BCUT2D eigenvalue weighted by molar-refractivity contribution is -0.138. The molecule has 1 aromatic heterocycles. The summed E-state index contributed by atoms with van der Waals surface area (Å²) in [5, 5.41) is 10.4. The third-order valence-electron chi connectivity index (χ3n) is 1.89. The molecule has 1 aromatic rings. The minimum absolute atomic E-state index is 0.0644. The molecule has 0 aliphatic heterocycles. The van der Waals surface area contributed by atoms with Gasteiger partial charge >= 0.3 is 12.1 Å². The van der Waals surface area contributed by atoms with Crippen molar-refractivity contribution in [1.29, 1.82) is 0 Å². The first-order chi connectivity index (χ1) is 8.19. The number of aromatic carboxylic acids is 1. The number of aromatic nitrogens is 1. The maximum absolute atomic E-state index is 11.8. The van der Waals surface area contributed by atoms with E-state index in [2.05, 4.69) is 15.9 Å². The Morgan fingerprint density at radius 2 is 2.06 bits per heavy atom. The van der Waals surface area contributed by atoms with Crippen LogP contribution < -0.4 is 5.32 Å². The summed E-state index contributed by atoms with van der Waals surface area (Å²) in [6, 6.07) is 1.25. The van der Waals surface area contributed by atoms with Gasteiger partial charge in [-0.2, -0.15) is 13.2 Å². The number of alkyl halides is 3. The summed E-state index contributed by atoms with van der Waals surface area (Å²) in [5.41, 5.74) is -0.0644. The van der Waals surface area contributed by atoms with E-state index in [1.807, 2.05) is 0 Å². The Kier molecular flexibility index (Phi) is 4.38. The van der Waals surface area contributed by atoms with Crippen LogP contribution in [0.2, 0.25) is 0 Å². The molecule has 0 saturated heterocycles. The molecule has 100 valence electrons. The van der Waals surface area contributed by atoms with Gasteiger partial charge in [0.2, 0.25) is 5.91 Å². The summed E-state index contributed by atoms with van der Waals surface area (Å²) in [4.78, 5) is 21.8. The highest BCUT2D eigenvalue weighted by Gasteiger charge is 2.27. The van der Waals surface area contributed by atoms with Gasteiger partial charge in [0, 0.05) is 6.20 Å². The highest BCUT2D eigenvalue weighted by atomic mass is 79.9. The van der Waals surface area contributed by atoms with Gasteiger partial charge < -0.3 is 15.0 Å². The molecular formula is C9H8BrF3N2O3. The molecule has 0 bridgehead atoms. The van der Waals surface area contributed by atoms with Crippen molar-refractivity contribution in [3.05, 3.63) is 22.4 Å². The summed E-state index contributed by atoms with van der Waals surface area (Å²) in [6.45, 7) is -1.82. The van der Waals surface area contributed by atoms with Crippen molar-refractivity contribution in [3.8, 4) is 0 Å². The first kappa shape index (κ1) is 14.6. The SMILES string of the molecule is O=C(Cn1cc(C(=O)O)cc1Br)NCC(F)(F)F. The zero-order valence-electron chi connectivity index (χ0n) is 8.79. The van der Waals surface area contributed by atoms with Crippen molar-refractivity contribution in [1.82, 2.24) is 9.88 Å². The number of carboxylic acids is 1. The molecule has 0 aliphatic carbocycles. The molecule has 0 saturated carbocycles. The van der Waals surface area contributed by atoms with E-state index in [0.29, 0.717) is 4.60 Å². The number of carbonyl (C=O) groups excluding carboxylic acids is 1. The number of hydrogen-bond donors (Lipinski definition) is 2. The van der Waals surface area contributed by atoms with Gasteiger partial charge in [0.1, 0.15) is 13.1 Å². The second-order valence-electron chi connectivity index (χ2n) is 3.38. The molecule has 0 radical (unpaired) electrons. The largest absolute Gasteiger partial charge is 0.478 e. The third-order valence-corrected chi connectivity index (χ3v) is 2.58. The van der Waals surface area contributed by atoms with Crippen LogP contribution >= 0.6 is 15.9 Å². The molecule has 0 spiro atoms. The van der Waals surface area contributed by atoms with Crippen molar-refractivity contribution in [2.24, 2.45) is 0 Å². The molecule has 18 heavy (non-hydrogen) atoms. The fourth-order valence-corrected chi connectivity index (χ4v) is 1.60. The molecule has 0 aliphatic rings. The number of carbonyl (C=O) groups is 2. The van der Waals surface area contributed by atoms with Crippen LogP contribution in [-0.2, 0) is 11.3 Å². The summed E-state index contributed by atoms with van der Waals surface area (Å²) < 4.78 is 37.0. The van der Waals surface area contributed by atoms with Gasteiger partial charge in [-0.3, -0.25) is 4.79 Å². The van der Waals surface area contributed by atoms with Crippen LogP contribution in [0.15, 0.2) is 16.9 Å². The van der Waals surface area contributed by atoms with Crippen molar-refractivity contribution < 1.29 is 27.9 Å². The summed E-state index contributed by atoms with van der Waals surface area (Å²) in [5.74, 6) is -2.05. The molecular weight excluding hydrogens is 321 g/mol. The van der Waals surface area contributed by atoms with E-state index in [0.717, 1.165) is 6.20 Å². The second kappa shape index (κ2) is 5.42. The minimum atomic E-state index is -4.48. The van der Waals surface area contributed by atoms with Crippen molar-refractivity contribution in [3.63, 3.8) is 0 Å². The van der Waals surface area contributed by atoms with Crippen LogP contribution in [-0.4, -0.2) is 34.3 Å². The minimum Gasteiger partial charge on any atom is -0.478 e. The molecule has 1 amide bonds. The smallest absolute Gasteiger partial charge is 0.405 e. The van der Waals surface area contributed by atoms with Crippen LogP contribution in [0, 0.1) is 0 Å². The zero-order valence-corrected chi connectivity index (χ0v) is 10.4. The predicted octanol–water partition coefficient (Wildman–Crippen LogP) is 1.63. The molecule has 1 heterocycles. The Morgan fingerprint density at radius 3 is 2.50 bits per heavy atom. The Balaban J connectivity index is 2.62. The molecule has 0 atom stereocenters. The van der Waals surface area contributed by atoms with Crippen LogP contribution in [0.1, 0.15) is 10.4 Å². The Hall–Kier alpha value is -1.51. The molecule has 0 aromatic carbocycles. The second-order valence-corrected chi connectivity index (χ2v) is 4.19. The Bertz CT molecular complexity index is 470. The summed E-state index contributed by atoms with van der Waals surface area (Å²) in [7, 11) is 0. The molecule has 5 nitrogen and oxygen atoms in total. The fraction of sp³-hybridized carbons (Fsp3) is 0.333. The van der Waals surface area contributed by atoms with Crippen LogP contribution in [0.25, 0.3) is 0 Å². The van der Waals surface area contributed by atoms with E-state index in [1.54, 1.807) is 5.32 Å². The standard InChI is InChI=1S/C9H8BrF3N2O3/c10-6-1-5(8(17)18)2-15(6)3-7(16)14-4-9(11,12)13/h1-2H,3-4H2,(H,14,16)(H,17,18). The lowest BCUT2D eigenvalue weighted by Gasteiger charge is -2.09. The third kappa shape index (κ3) is 4.40. The normalized spacial score (nSPS) is 11.3.